The Morgan fingerprint density at radius 2 is 1.75 bits per heavy atom. The molecule has 1 atom stereocenters. The first-order valence-electron chi connectivity index (χ1n) is 8.61. The van der Waals surface area contributed by atoms with Gasteiger partial charge in [0.15, 0.2) is 0 Å². The van der Waals surface area contributed by atoms with Gasteiger partial charge in [0, 0.05) is 11.6 Å². The molecule has 1 N–H and O–H groups in total. The minimum Gasteiger partial charge on any atom is -0.497 e. The predicted octanol–water partition coefficient (Wildman–Crippen LogP) is 3.92. The summed E-state index contributed by atoms with van der Waals surface area (Å²) in [4.78, 5) is 23.9. The maximum atomic E-state index is 14.8. The summed E-state index contributed by atoms with van der Waals surface area (Å²) in [5.41, 5.74) is 0.398. The highest BCUT2D eigenvalue weighted by Crippen LogP contribution is 2.33. The standard InChI is InChI=1S/C21H21F2NO4/c1-3-28-18(25)13-14-21(22,23)19(15-7-5-4-6-8-15)24-20(26)16-9-11-17(27-2)12-10-16/h4-14,19H,3H2,1-2H3,(H,24,26)/b14-13+. The second-order valence-corrected chi connectivity index (χ2v) is 5.81. The van der Waals surface area contributed by atoms with E-state index in [-0.39, 0.29) is 17.7 Å². The first-order valence-corrected chi connectivity index (χ1v) is 8.61. The molecule has 0 spiro atoms. The Morgan fingerprint density at radius 1 is 1.11 bits per heavy atom. The SMILES string of the molecule is CCOC(=O)/C=C/C(F)(F)C(NC(=O)c1ccc(OC)cc1)c1ccccc1. The zero-order chi connectivity index (χ0) is 20.6. The van der Waals surface area contributed by atoms with Crippen molar-refractivity contribution in [3.05, 3.63) is 77.9 Å². The van der Waals surface area contributed by atoms with E-state index in [2.05, 4.69) is 10.1 Å². The van der Waals surface area contributed by atoms with Crippen LogP contribution in [-0.2, 0) is 9.53 Å². The summed E-state index contributed by atoms with van der Waals surface area (Å²) in [5.74, 6) is -4.55. The first kappa shape index (κ1) is 21.1. The molecule has 0 bridgehead atoms. The molecule has 0 aliphatic carbocycles. The van der Waals surface area contributed by atoms with Gasteiger partial charge in [-0.3, -0.25) is 4.79 Å². The number of alkyl halides is 2. The summed E-state index contributed by atoms with van der Waals surface area (Å²) in [6.45, 7) is 1.65. The summed E-state index contributed by atoms with van der Waals surface area (Å²) < 4.78 is 39.3. The van der Waals surface area contributed by atoms with Gasteiger partial charge in [0.2, 0.25) is 0 Å². The number of methoxy groups -OCH3 is 1. The van der Waals surface area contributed by atoms with Gasteiger partial charge in [-0.1, -0.05) is 30.3 Å². The fourth-order valence-electron chi connectivity index (χ4n) is 2.47. The lowest BCUT2D eigenvalue weighted by molar-refractivity contribution is -0.137. The first-order chi connectivity index (χ1) is 13.4. The van der Waals surface area contributed by atoms with E-state index in [1.807, 2.05) is 0 Å². The van der Waals surface area contributed by atoms with E-state index in [0.29, 0.717) is 17.9 Å². The van der Waals surface area contributed by atoms with Crippen LogP contribution in [0.1, 0.15) is 28.9 Å². The quantitative estimate of drug-likeness (QED) is 0.549. The number of carbonyl (C=O) groups excluding carboxylic acids is 2. The second-order valence-electron chi connectivity index (χ2n) is 5.81. The summed E-state index contributed by atoms with van der Waals surface area (Å²) >= 11 is 0. The number of amides is 1. The third kappa shape index (κ3) is 5.64. The molecule has 0 fully saturated rings. The number of rotatable bonds is 8. The van der Waals surface area contributed by atoms with Crippen LogP contribution in [0.25, 0.3) is 0 Å². The van der Waals surface area contributed by atoms with Crippen LogP contribution in [0.3, 0.4) is 0 Å². The highest BCUT2D eigenvalue weighted by molar-refractivity contribution is 5.94. The zero-order valence-corrected chi connectivity index (χ0v) is 15.5. The highest BCUT2D eigenvalue weighted by atomic mass is 19.3. The Hall–Kier alpha value is -3.22. The van der Waals surface area contributed by atoms with Gasteiger partial charge in [-0.25, -0.2) is 4.79 Å². The summed E-state index contributed by atoms with van der Waals surface area (Å²) in [6, 6.07) is 12.2. The molecule has 0 aliphatic heterocycles. The molecule has 7 heteroatoms. The summed E-state index contributed by atoms with van der Waals surface area (Å²) in [6.07, 6.45) is 1.11. The lowest BCUT2D eigenvalue weighted by atomic mass is 9.99. The van der Waals surface area contributed by atoms with Crippen LogP contribution in [0.15, 0.2) is 66.7 Å². The number of halogens is 2. The Balaban J connectivity index is 2.28. The number of hydrogen-bond donors (Lipinski definition) is 1. The van der Waals surface area contributed by atoms with E-state index >= 15 is 0 Å². The van der Waals surface area contributed by atoms with E-state index in [1.54, 1.807) is 37.3 Å². The van der Waals surface area contributed by atoms with Crippen molar-refractivity contribution in [2.75, 3.05) is 13.7 Å². The molecule has 148 valence electrons. The van der Waals surface area contributed by atoms with Crippen molar-refractivity contribution in [1.82, 2.24) is 5.32 Å². The average molecular weight is 389 g/mol. The molecule has 2 rings (SSSR count). The lowest BCUT2D eigenvalue weighted by Crippen LogP contribution is -2.39. The van der Waals surface area contributed by atoms with Gasteiger partial charge in [0.1, 0.15) is 11.8 Å². The molecule has 5 nitrogen and oxygen atoms in total. The van der Waals surface area contributed by atoms with Crippen LogP contribution >= 0.6 is 0 Å². The molecule has 0 saturated carbocycles. The van der Waals surface area contributed by atoms with Gasteiger partial charge in [-0.05, 0) is 42.8 Å². The Morgan fingerprint density at radius 3 is 2.32 bits per heavy atom. The van der Waals surface area contributed by atoms with Crippen LogP contribution in [0.4, 0.5) is 8.78 Å². The molecule has 0 aliphatic rings. The van der Waals surface area contributed by atoms with Crippen LogP contribution in [-0.4, -0.2) is 31.5 Å². The number of nitrogens with one attached hydrogen (secondary N) is 1. The summed E-state index contributed by atoms with van der Waals surface area (Å²) in [5, 5.41) is 2.35. The molecule has 0 aromatic heterocycles. The molecule has 1 unspecified atom stereocenters. The molecular weight excluding hydrogens is 368 g/mol. The van der Waals surface area contributed by atoms with Crippen molar-refractivity contribution in [1.29, 1.82) is 0 Å². The van der Waals surface area contributed by atoms with Crippen molar-refractivity contribution in [3.63, 3.8) is 0 Å². The van der Waals surface area contributed by atoms with E-state index in [0.717, 1.165) is 0 Å². The number of esters is 1. The minimum atomic E-state index is -3.53. The Bertz CT molecular complexity index is 820. The topological polar surface area (TPSA) is 64.6 Å². The smallest absolute Gasteiger partial charge is 0.330 e. The molecular formula is C21H21F2NO4. The normalized spacial score (nSPS) is 12.4. The van der Waals surface area contributed by atoms with E-state index in [4.69, 9.17) is 4.74 Å². The molecule has 2 aromatic carbocycles. The highest BCUT2D eigenvalue weighted by Gasteiger charge is 2.39. The van der Waals surface area contributed by atoms with Gasteiger partial charge < -0.3 is 14.8 Å². The van der Waals surface area contributed by atoms with Gasteiger partial charge in [-0.15, -0.1) is 0 Å². The van der Waals surface area contributed by atoms with Gasteiger partial charge in [0.25, 0.3) is 11.8 Å². The van der Waals surface area contributed by atoms with E-state index < -0.39 is 23.8 Å². The van der Waals surface area contributed by atoms with E-state index in [9.17, 15) is 18.4 Å². The van der Waals surface area contributed by atoms with E-state index in [1.165, 1.54) is 31.4 Å². The third-order valence-electron chi connectivity index (χ3n) is 3.87. The number of benzene rings is 2. The van der Waals surface area contributed by atoms with Crippen molar-refractivity contribution in [3.8, 4) is 5.75 Å². The van der Waals surface area contributed by atoms with Crippen LogP contribution in [0.5, 0.6) is 5.75 Å². The van der Waals surface area contributed by atoms with Gasteiger partial charge >= 0.3 is 5.97 Å². The van der Waals surface area contributed by atoms with Crippen molar-refractivity contribution < 1.29 is 27.8 Å². The zero-order valence-electron chi connectivity index (χ0n) is 15.5. The van der Waals surface area contributed by atoms with Crippen LogP contribution in [0.2, 0.25) is 0 Å². The molecule has 1 amide bonds. The number of hydrogen-bond acceptors (Lipinski definition) is 4. The average Bonchev–Trinajstić information content (AvgIpc) is 2.71. The number of ether oxygens (including phenoxy) is 2. The fraction of sp³-hybridized carbons (Fsp3) is 0.238. The fourth-order valence-corrected chi connectivity index (χ4v) is 2.47. The minimum absolute atomic E-state index is 0.0745. The maximum Gasteiger partial charge on any atom is 0.330 e. The second kappa shape index (κ2) is 9.64. The molecule has 0 heterocycles. The molecule has 0 radical (unpaired) electrons. The van der Waals surface area contributed by atoms with Crippen LogP contribution < -0.4 is 10.1 Å². The molecule has 0 saturated heterocycles. The maximum absolute atomic E-state index is 14.8. The van der Waals surface area contributed by atoms with Crippen LogP contribution in [0, 0.1) is 0 Å². The third-order valence-corrected chi connectivity index (χ3v) is 3.87. The Labute approximate surface area is 162 Å². The lowest BCUT2D eigenvalue weighted by Gasteiger charge is -2.26. The summed E-state index contributed by atoms with van der Waals surface area (Å²) in [7, 11) is 1.48. The number of carbonyl (C=O) groups is 2. The largest absolute Gasteiger partial charge is 0.497 e. The van der Waals surface area contributed by atoms with Crippen molar-refractivity contribution in [2.24, 2.45) is 0 Å². The monoisotopic (exact) mass is 389 g/mol. The van der Waals surface area contributed by atoms with Gasteiger partial charge in [-0.2, -0.15) is 8.78 Å². The predicted molar refractivity (Wildman–Crippen MR) is 100 cm³/mol. The Kier molecular flexibility index (Phi) is 7.26. The van der Waals surface area contributed by atoms with Gasteiger partial charge in [0.05, 0.1) is 13.7 Å². The molecule has 28 heavy (non-hydrogen) atoms. The van der Waals surface area contributed by atoms with Crippen molar-refractivity contribution >= 4 is 11.9 Å². The molecule has 2 aromatic rings. The van der Waals surface area contributed by atoms with Crippen molar-refractivity contribution in [2.45, 2.75) is 18.9 Å².